The van der Waals surface area contributed by atoms with Crippen LogP contribution in [0.2, 0.25) is 0 Å². The van der Waals surface area contributed by atoms with Crippen molar-refractivity contribution in [2.24, 2.45) is 7.05 Å². The van der Waals surface area contributed by atoms with E-state index < -0.39 is 6.10 Å². The summed E-state index contributed by atoms with van der Waals surface area (Å²) in [6, 6.07) is 23.0. The van der Waals surface area contributed by atoms with Crippen molar-refractivity contribution in [2.75, 3.05) is 5.32 Å². The molecule has 6 heteroatoms. The van der Waals surface area contributed by atoms with Crippen molar-refractivity contribution in [3.63, 3.8) is 0 Å². The summed E-state index contributed by atoms with van der Waals surface area (Å²) in [6.45, 7) is 1.83. The SMILES string of the molecule is CC1Oc2ccccc2OC1C(=O)Nc1ccc(-c2nc3ccccc3n2C)cc1. The van der Waals surface area contributed by atoms with Crippen LogP contribution in [0.3, 0.4) is 0 Å². The van der Waals surface area contributed by atoms with Gasteiger partial charge in [-0.3, -0.25) is 4.79 Å². The first-order valence-corrected chi connectivity index (χ1v) is 9.85. The van der Waals surface area contributed by atoms with Gasteiger partial charge in [-0.25, -0.2) is 4.98 Å². The molecule has 0 saturated heterocycles. The van der Waals surface area contributed by atoms with Crippen LogP contribution in [-0.4, -0.2) is 27.7 Å². The molecule has 1 aromatic heterocycles. The molecule has 2 heterocycles. The Morgan fingerprint density at radius 2 is 1.60 bits per heavy atom. The summed E-state index contributed by atoms with van der Waals surface area (Å²) in [5.74, 6) is 1.87. The van der Waals surface area contributed by atoms with Crippen LogP contribution < -0.4 is 14.8 Å². The number of carbonyl (C=O) groups is 1. The van der Waals surface area contributed by atoms with Crippen LogP contribution in [0.25, 0.3) is 22.4 Å². The molecule has 6 nitrogen and oxygen atoms in total. The quantitative estimate of drug-likeness (QED) is 0.554. The third kappa shape index (κ3) is 3.16. The van der Waals surface area contributed by atoms with Crippen molar-refractivity contribution in [1.82, 2.24) is 9.55 Å². The Kier molecular flexibility index (Phi) is 4.39. The number of aromatic nitrogens is 2. The number of imidazole rings is 1. The summed E-state index contributed by atoms with van der Waals surface area (Å²) in [5.41, 5.74) is 3.70. The summed E-state index contributed by atoms with van der Waals surface area (Å²) >= 11 is 0. The Hall–Kier alpha value is -3.80. The number of amides is 1. The van der Waals surface area contributed by atoms with Crippen LogP contribution in [0.5, 0.6) is 11.5 Å². The standard InChI is InChI=1S/C24H21N3O3/c1-15-22(30-21-10-6-5-9-20(21)29-15)24(28)25-17-13-11-16(12-14-17)23-26-18-7-3-4-8-19(18)27(23)2/h3-15,22H,1-2H3,(H,25,28). The van der Waals surface area contributed by atoms with Gasteiger partial charge in [0.2, 0.25) is 6.10 Å². The lowest BCUT2D eigenvalue weighted by Crippen LogP contribution is -2.46. The molecule has 3 aromatic carbocycles. The van der Waals surface area contributed by atoms with Gasteiger partial charge in [-0.05, 0) is 55.5 Å². The minimum atomic E-state index is -0.723. The number of benzene rings is 3. The van der Waals surface area contributed by atoms with Crippen molar-refractivity contribution in [1.29, 1.82) is 0 Å². The number of nitrogens with zero attached hydrogens (tertiary/aromatic N) is 2. The monoisotopic (exact) mass is 399 g/mol. The molecule has 1 N–H and O–H groups in total. The zero-order valence-corrected chi connectivity index (χ0v) is 16.7. The maximum atomic E-state index is 12.8. The molecule has 5 rings (SSSR count). The number of fused-ring (bicyclic) bond motifs is 2. The van der Waals surface area contributed by atoms with Gasteiger partial charge in [0, 0.05) is 18.3 Å². The minimum Gasteiger partial charge on any atom is -0.482 e. The third-order valence-electron chi connectivity index (χ3n) is 5.30. The molecule has 0 spiro atoms. The fourth-order valence-electron chi connectivity index (χ4n) is 3.73. The number of nitrogens with one attached hydrogen (secondary N) is 1. The second-order valence-corrected chi connectivity index (χ2v) is 7.36. The second kappa shape index (κ2) is 7.22. The summed E-state index contributed by atoms with van der Waals surface area (Å²) < 4.78 is 13.8. The number of carbonyl (C=O) groups excluding carboxylic acids is 1. The van der Waals surface area contributed by atoms with Gasteiger partial charge in [-0.15, -0.1) is 0 Å². The fourth-order valence-corrected chi connectivity index (χ4v) is 3.73. The van der Waals surface area contributed by atoms with E-state index in [0.717, 1.165) is 22.4 Å². The number of hydrogen-bond donors (Lipinski definition) is 1. The first kappa shape index (κ1) is 18.2. The molecule has 150 valence electrons. The van der Waals surface area contributed by atoms with Crippen molar-refractivity contribution in [2.45, 2.75) is 19.1 Å². The Morgan fingerprint density at radius 1 is 0.933 bits per heavy atom. The van der Waals surface area contributed by atoms with Crippen molar-refractivity contribution in [3.8, 4) is 22.9 Å². The Labute approximate surface area is 174 Å². The van der Waals surface area contributed by atoms with E-state index in [-0.39, 0.29) is 12.0 Å². The smallest absolute Gasteiger partial charge is 0.269 e. The van der Waals surface area contributed by atoms with E-state index >= 15 is 0 Å². The van der Waals surface area contributed by atoms with Gasteiger partial charge in [-0.2, -0.15) is 0 Å². The predicted molar refractivity (Wildman–Crippen MR) is 116 cm³/mol. The summed E-state index contributed by atoms with van der Waals surface area (Å²) in [7, 11) is 2.00. The summed E-state index contributed by atoms with van der Waals surface area (Å²) in [6.07, 6.45) is -1.11. The first-order valence-electron chi connectivity index (χ1n) is 9.85. The molecule has 4 aromatic rings. The number of hydrogen-bond acceptors (Lipinski definition) is 4. The molecule has 1 aliphatic rings. The highest BCUT2D eigenvalue weighted by Gasteiger charge is 2.34. The molecule has 30 heavy (non-hydrogen) atoms. The van der Waals surface area contributed by atoms with E-state index in [1.54, 1.807) is 6.07 Å². The van der Waals surface area contributed by atoms with Gasteiger partial charge >= 0.3 is 0 Å². The van der Waals surface area contributed by atoms with E-state index in [4.69, 9.17) is 14.5 Å². The highest BCUT2D eigenvalue weighted by molar-refractivity contribution is 5.95. The fraction of sp³-hybridized carbons (Fsp3) is 0.167. The van der Waals surface area contributed by atoms with E-state index in [1.165, 1.54) is 0 Å². The van der Waals surface area contributed by atoms with Gasteiger partial charge in [0.05, 0.1) is 11.0 Å². The molecule has 0 aliphatic carbocycles. The predicted octanol–water partition coefficient (Wildman–Crippen LogP) is 4.41. The van der Waals surface area contributed by atoms with E-state index in [9.17, 15) is 4.79 Å². The van der Waals surface area contributed by atoms with Crippen LogP contribution in [-0.2, 0) is 11.8 Å². The molecule has 2 unspecified atom stereocenters. The normalized spacial score (nSPS) is 17.7. The topological polar surface area (TPSA) is 65.4 Å². The molecule has 2 atom stereocenters. The molecule has 0 bridgehead atoms. The van der Waals surface area contributed by atoms with Gasteiger partial charge < -0.3 is 19.4 Å². The van der Waals surface area contributed by atoms with Crippen LogP contribution >= 0.6 is 0 Å². The lowest BCUT2D eigenvalue weighted by Gasteiger charge is -2.31. The summed E-state index contributed by atoms with van der Waals surface area (Å²) in [4.78, 5) is 17.5. The van der Waals surface area contributed by atoms with Crippen molar-refractivity contribution in [3.05, 3.63) is 72.8 Å². The second-order valence-electron chi connectivity index (χ2n) is 7.36. The van der Waals surface area contributed by atoms with Crippen LogP contribution in [0.1, 0.15) is 6.92 Å². The zero-order valence-electron chi connectivity index (χ0n) is 16.7. The molecular formula is C24H21N3O3. The maximum Gasteiger partial charge on any atom is 0.269 e. The van der Waals surface area contributed by atoms with E-state index in [1.807, 2.05) is 80.7 Å². The molecule has 0 radical (unpaired) electrons. The zero-order chi connectivity index (χ0) is 20.7. The third-order valence-corrected chi connectivity index (χ3v) is 5.30. The summed E-state index contributed by atoms with van der Waals surface area (Å²) in [5, 5.41) is 2.92. The van der Waals surface area contributed by atoms with Gasteiger partial charge in [-0.1, -0.05) is 24.3 Å². The molecular weight excluding hydrogens is 378 g/mol. The van der Waals surface area contributed by atoms with Crippen LogP contribution in [0.15, 0.2) is 72.8 Å². The van der Waals surface area contributed by atoms with Gasteiger partial charge in [0.25, 0.3) is 5.91 Å². The molecule has 0 saturated carbocycles. The lowest BCUT2D eigenvalue weighted by atomic mass is 10.1. The average molecular weight is 399 g/mol. The molecule has 1 aliphatic heterocycles. The first-order chi connectivity index (χ1) is 14.6. The Morgan fingerprint density at radius 3 is 2.33 bits per heavy atom. The molecule has 1 amide bonds. The lowest BCUT2D eigenvalue weighted by molar-refractivity contribution is -0.128. The number of para-hydroxylation sites is 4. The Bertz CT molecular complexity index is 1230. The largest absolute Gasteiger partial charge is 0.482 e. The van der Waals surface area contributed by atoms with Crippen LogP contribution in [0, 0.1) is 0 Å². The number of ether oxygens (including phenoxy) is 2. The number of rotatable bonds is 3. The van der Waals surface area contributed by atoms with Crippen molar-refractivity contribution < 1.29 is 14.3 Å². The highest BCUT2D eigenvalue weighted by atomic mass is 16.6. The molecule has 0 fully saturated rings. The maximum absolute atomic E-state index is 12.8. The minimum absolute atomic E-state index is 0.243. The number of aryl methyl sites for hydroxylation is 1. The van der Waals surface area contributed by atoms with Crippen LogP contribution in [0.4, 0.5) is 5.69 Å². The average Bonchev–Trinajstić information content (AvgIpc) is 3.10. The van der Waals surface area contributed by atoms with E-state index in [0.29, 0.717) is 17.2 Å². The number of anilines is 1. The highest BCUT2D eigenvalue weighted by Crippen LogP contribution is 2.34. The Balaban J connectivity index is 1.34. The van der Waals surface area contributed by atoms with Gasteiger partial charge in [0.15, 0.2) is 11.5 Å². The van der Waals surface area contributed by atoms with E-state index in [2.05, 4.69) is 9.88 Å². The van der Waals surface area contributed by atoms with Gasteiger partial charge in [0.1, 0.15) is 11.9 Å². The van der Waals surface area contributed by atoms with Crippen molar-refractivity contribution >= 4 is 22.6 Å².